The summed E-state index contributed by atoms with van der Waals surface area (Å²) in [5.74, 6) is 0.454. The Hall–Kier alpha value is -0.370. The quantitative estimate of drug-likeness (QED) is 0.430. The van der Waals surface area contributed by atoms with Crippen molar-refractivity contribution < 1.29 is 4.79 Å². The van der Waals surface area contributed by atoms with E-state index >= 15 is 0 Å². The Balaban J connectivity index is 3.07. The molecule has 19 heavy (non-hydrogen) atoms. The molecule has 0 heterocycles. The smallest absolute Gasteiger partial charge is 0.132 e. The fourth-order valence-electron chi connectivity index (χ4n) is 2.40. The lowest BCUT2D eigenvalue weighted by Crippen LogP contribution is -2.09. The number of carbonyl (C=O) groups excluding carboxylic acids is 1. The van der Waals surface area contributed by atoms with Crippen LogP contribution in [0.2, 0.25) is 0 Å². The van der Waals surface area contributed by atoms with Crippen LogP contribution in [-0.2, 0) is 4.79 Å². The summed E-state index contributed by atoms with van der Waals surface area (Å²) in [6.07, 6.45) is 15.9. The summed E-state index contributed by atoms with van der Waals surface area (Å²) in [4.78, 5) is 11.5. The van der Waals surface area contributed by atoms with Crippen LogP contribution in [0.5, 0.6) is 0 Å². The second-order valence-electron chi connectivity index (χ2n) is 5.68. The number of ketones is 1. The van der Waals surface area contributed by atoms with E-state index in [-0.39, 0.29) is 0 Å². The van der Waals surface area contributed by atoms with Crippen LogP contribution in [0.4, 0.5) is 0 Å². The molecule has 0 saturated heterocycles. The van der Waals surface area contributed by atoms with Gasteiger partial charge in [-0.1, -0.05) is 64.7 Å². The molecule has 0 rings (SSSR count). The predicted octanol–water partition coefficient (Wildman–Crippen LogP) is 4.87. The topological polar surface area (TPSA) is 29.1 Å². The first-order chi connectivity index (χ1) is 9.31. The highest BCUT2D eigenvalue weighted by atomic mass is 16.1. The first-order valence-electron chi connectivity index (χ1n) is 8.47. The maximum absolute atomic E-state index is 11.5. The summed E-state index contributed by atoms with van der Waals surface area (Å²) >= 11 is 0. The number of carbonyl (C=O) groups is 1. The number of nitrogens with one attached hydrogen (secondary N) is 1. The van der Waals surface area contributed by atoms with E-state index in [0.29, 0.717) is 5.78 Å². The number of hydrogen-bond donors (Lipinski definition) is 1. The van der Waals surface area contributed by atoms with Crippen LogP contribution in [0.1, 0.15) is 90.4 Å². The minimum absolute atomic E-state index is 0.454. The number of hydrogen-bond acceptors (Lipinski definition) is 2. The van der Waals surface area contributed by atoms with Gasteiger partial charge in [0, 0.05) is 12.8 Å². The summed E-state index contributed by atoms with van der Waals surface area (Å²) in [6.45, 7) is 3.23. The fraction of sp³-hybridized carbons (Fsp3) is 0.941. The van der Waals surface area contributed by atoms with Crippen molar-refractivity contribution in [2.24, 2.45) is 0 Å². The molecule has 0 radical (unpaired) electrons. The maximum atomic E-state index is 11.5. The molecule has 0 amide bonds. The van der Waals surface area contributed by atoms with Crippen molar-refractivity contribution >= 4 is 5.78 Å². The third kappa shape index (κ3) is 15.6. The molecule has 0 aromatic rings. The molecular weight excluding hydrogens is 234 g/mol. The molecule has 0 aromatic heterocycles. The highest BCUT2D eigenvalue weighted by Crippen LogP contribution is 2.11. The second kappa shape index (κ2) is 15.7. The van der Waals surface area contributed by atoms with Crippen LogP contribution in [0.15, 0.2) is 0 Å². The van der Waals surface area contributed by atoms with E-state index in [1.165, 1.54) is 57.8 Å². The molecule has 0 bridgehead atoms. The van der Waals surface area contributed by atoms with Crippen LogP contribution in [0.25, 0.3) is 0 Å². The first-order valence-corrected chi connectivity index (χ1v) is 8.47. The van der Waals surface area contributed by atoms with Crippen molar-refractivity contribution in [3.05, 3.63) is 0 Å². The summed E-state index contributed by atoms with van der Waals surface area (Å²) in [7, 11) is 1.94. The van der Waals surface area contributed by atoms with Gasteiger partial charge in [0.1, 0.15) is 5.78 Å². The first kappa shape index (κ1) is 18.6. The van der Waals surface area contributed by atoms with Gasteiger partial charge in [0.15, 0.2) is 0 Å². The van der Waals surface area contributed by atoms with Gasteiger partial charge in [-0.05, 0) is 26.4 Å². The Morgan fingerprint density at radius 1 is 0.737 bits per heavy atom. The van der Waals surface area contributed by atoms with E-state index in [4.69, 9.17) is 0 Å². The van der Waals surface area contributed by atoms with Crippen molar-refractivity contribution in [2.75, 3.05) is 13.6 Å². The molecule has 2 heteroatoms. The average Bonchev–Trinajstić information content (AvgIpc) is 2.41. The van der Waals surface area contributed by atoms with E-state index in [1.54, 1.807) is 0 Å². The van der Waals surface area contributed by atoms with Gasteiger partial charge in [-0.25, -0.2) is 0 Å². The molecule has 0 aromatic carbocycles. The molecule has 0 aliphatic rings. The standard InChI is InChI=1S/C17H35NO/c1-3-4-5-6-7-8-9-10-11-12-14-17(19)15-13-16-18-2/h18H,3-16H2,1-2H3. The molecule has 0 fully saturated rings. The van der Waals surface area contributed by atoms with Crippen LogP contribution >= 0.6 is 0 Å². The van der Waals surface area contributed by atoms with Crippen molar-refractivity contribution in [1.29, 1.82) is 0 Å². The van der Waals surface area contributed by atoms with Crippen LogP contribution in [0, 0.1) is 0 Å². The van der Waals surface area contributed by atoms with Gasteiger partial charge < -0.3 is 5.32 Å². The molecular formula is C17H35NO. The van der Waals surface area contributed by atoms with Gasteiger partial charge in [-0.3, -0.25) is 4.79 Å². The van der Waals surface area contributed by atoms with Gasteiger partial charge in [-0.2, -0.15) is 0 Å². The van der Waals surface area contributed by atoms with E-state index < -0.39 is 0 Å². The number of rotatable bonds is 15. The SMILES string of the molecule is CCCCCCCCCCCCC(=O)CCCNC. The lowest BCUT2D eigenvalue weighted by molar-refractivity contribution is -0.119. The highest BCUT2D eigenvalue weighted by Gasteiger charge is 2.01. The minimum Gasteiger partial charge on any atom is -0.320 e. The normalized spacial score (nSPS) is 10.8. The molecule has 0 spiro atoms. The summed E-state index contributed by atoms with van der Waals surface area (Å²) < 4.78 is 0. The number of unbranched alkanes of at least 4 members (excludes halogenated alkanes) is 9. The fourth-order valence-corrected chi connectivity index (χ4v) is 2.40. The molecule has 0 saturated carbocycles. The number of Topliss-reactive ketones (excluding diaryl/α,β-unsaturated/α-hetero) is 1. The third-order valence-electron chi connectivity index (χ3n) is 3.69. The Morgan fingerprint density at radius 3 is 1.74 bits per heavy atom. The summed E-state index contributed by atoms with van der Waals surface area (Å²) in [5.41, 5.74) is 0. The van der Waals surface area contributed by atoms with Crippen molar-refractivity contribution in [1.82, 2.24) is 5.32 Å². The zero-order chi connectivity index (χ0) is 14.2. The maximum Gasteiger partial charge on any atom is 0.132 e. The highest BCUT2D eigenvalue weighted by molar-refractivity contribution is 5.78. The average molecular weight is 269 g/mol. The Labute approximate surface area is 120 Å². The lowest BCUT2D eigenvalue weighted by Gasteiger charge is -2.03. The van der Waals surface area contributed by atoms with Crippen LogP contribution in [0.3, 0.4) is 0 Å². The van der Waals surface area contributed by atoms with Crippen LogP contribution < -0.4 is 5.32 Å². The molecule has 0 aliphatic carbocycles. The van der Waals surface area contributed by atoms with Crippen molar-refractivity contribution in [2.45, 2.75) is 90.4 Å². The zero-order valence-electron chi connectivity index (χ0n) is 13.3. The molecule has 0 aliphatic heterocycles. The minimum atomic E-state index is 0.454. The van der Waals surface area contributed by atoms with Crippen molar-refractivity contribution in [3.63, 3.8) is 0 Å². The van der Waals surface area contributed by atoms with Gasteiger partial charge >= 0.3 is 0 Å². The van der Waals surface area contributed by atoms with E-state index in [0.717, 1.165) is 32.2 Å². The van der Waals surface area contributed by atoms with Crippen molar-refractivity contribution in [3.8, 4) is 0 Å². The van der Waals surface area contributed by atoms with Crippen LogP contribution in [-0.4, -0.2) is 19.4 Å². The second-order valence-corrected chi connectivity index (χ2v) is 5.68. The van der Waals surface area contributed by atoms with Gasteiger partial charge in [0.25, 0.3) is 0 Å². The monoisotopic (exact) mass is 269 g/mol. The zero-order valence-corrected chi connectivity index (χ0v) is 13.3. The Kier molecular flexibility index (Phi) is 15.4. The summed E-state index contributed by atoms with van der Waals surface area (Å²) in [5, 5.41) is 3.08. The van der Waals surface area contributed by atoms with E-state index in [1.807, 2.05) is 7.05 Å². The molecule has 0 unspecified atom stereocenters. The van der Waals surface area contributed by atoms with Gasteiger partial charge in [-0.15, -0.1) is 0 Å². The van der Waals surface area contributed by atoms with Gasteiger partial charge in [0.2, 0.25) is 0 Å². The summed E-state index contributed by atoms with van der Waals surface area (Å²) in [6, 6.07) is 0. The molecule has 1 N–H and O–H groups in total. The molecule has 114 valence electrons. The van der Waals surface area contributed by atoms with E-state index in [9.17, 15) is 4.79 Å². The lowest BCUT2D eigenvalue weighted by atomic mass is 10.0. The third-order valence-corrected chi connectivity index (χ3v) is 3.69. The van der Waals surface area contributed by atoms with E-state index in [2.05, 4.69) is 12.2 Å². The Morgan fingerprint density at radius 2 is 1.21 bits per heavy atom. The molecule has 2 nitrogen and oxygen atoms in total. The predicted molar refractivity (Wildman–Crippen MR) is 84.6 cm³/mol. The Bertz CT molecular complexity index is 192. The largest absolute Gasteiger partial charge is 0.320 e. The molecule has 0 atom stereocenters. The van der Waals surface area contributed by atoms with Gasteiger partial charge in [0.05, 0.1) is 0 Å².